The third-order valence-electron chi connectivity index (χ3n) is 2.62. The maximum absolute atomic E-state index is 13.6. The summed E-state index contributed by atoms with van der Waals surface area (Å²) in [5.74, 6) is -0.149. The molecule has 0 aromatic heterocycles. The molecular weight excluding hydrogens is 267 g/mol. The van der Waals surface area contributed by atoms with Crippen LogP contribution < -0.4 is 15.4 Å². The van der Waals surface area contributed by atoms with E-state index in [0.29, 0.717) is 18.3 Å². The average molecular weight is 286 g/mol. The van der Waals surface area contributed by atoms with Crippen LogP contribution in [0.1, 0.15) is 18.5 Å². The van der Waals surface area contributed by atoms with E-state index in [4.69, 9.17) is 21.7 Å². The lowest BCUT2D eigenvalue weighted by Gasteiger charge is -2.17. The molecule has 0 amide bonds. The average Bonchev–Trinajstić information content (AvgIpc) is 2.38. The maximum Gasteiger partial charge on any atom is 0.166 e. The second kappa shape index (κ2) is 7.91. The van der Waals surface area contributed by atoms with Gasteiger partial charge in [0.15, 0.2) is 16.7 Å². The smallest absolute Gasteiger partial charge is 0.166 e. The number of ether oxygens (including phenoxy) is 2. The molecule has 106 valence electrons. The Hall–Kier alpha value is -1.40. The highest BCUT2D eigenvalue weighted by molar-refractivity contribution is 7.80. The van der Waals surface area contributed by atoms with E-state index in [2.05, 4.69) is 10.6 Å². The summed E-state index contributed by atoms with van der Waals surface area (Å²) in [6.45, 7) is 3.12. The topological polar surface area (TPSA) is 42.5 Å². The zero-order valence-electron chi connectivity index (χ0n) is 11.3. The molecule has 2 N–H and O–H groups in total. The number of thiocarbonyl (C=S) groups is 1. The summed E-state index contributed by atoms with van der Waals surface area (Å²) in [4.78, 5) is 0. The van der Waals surface area contributed by atoms with Crippen LogP contribution in [0.15, 0.2) is 18.2 Å². The number of methoxy groups -OCH3 is 2. The monoisotopic (exact) mass is 286 g/mol. The molecule has 0 unspecified atom stereocenters. The quantitative estimate of drug-likeness (QED) is 0.618. The fraction of sp³-hybridized carbons (Fsp3) is 0.462. The van der Waals surface area contributed by atoms with Crippen LogP contribution in [0.2, 0.25) is 0 Å². The van der Waals surface area contributed by atoms with E-state index in [1.54, 1.807) is 19.2 Å². The minimum atomic E-state index is -0.382. The van der Waals surface area contributed by atoms with Crippen molar-refractivity contribution < 1.29 is 13.9 Å². The van der Waals surface area contributed by atoms with E-state index in [-0.39, 0.29) is 17.6 Å². The molecule has 0 fully saturated rings. The van der Waals surface area contributed by atoms with Crippen LogP contribution >= 0.6 is 12.2 Å². The zero-order valence-corrected chi connectivity index (χ0v) is 12.1. The van der Waals surface area contributed by atoms with E-state index in [1.807, 2.05) is 6.92 Å². The molecule has 0 aliphatic rings. The van der Waals surface area contributed by atoms with Crippen molar-refractivity contribution in [3.63, 3.8) is 0 Å². The van der Waals surface area contributed by atoms with Gasteiger partial charge in [0.25, 0.3) is 0 Å². The molecule has 19 heavy (non-hydrogen) atoms. The van der Waals surface area contributed by atoms with Gasteiger partial charge in [0, 0.05) is 13.7 Å². The predicted molar refractivity (Wildman–Crippen MR) is 77.0 cm³/mol. The Bertz CT molecular complexity index is 429. The highest BCUT2D eigenvalue weighted by atomic mass is 32.1. The van der Waals surface area contributed by atoms with Gasteiger partial charge in [-0.05, 0) is 36.8 Å². The molecular formula is C13H19FN2O2S. The summed E-state index contributed by atoms with van der Waals surface area (Å²) in [6, 6.07) is 4.75. The highest BCUT2D eigenvalue weighted by Crippen LogP contribution is 2.21. The van der Waals surface area contributed by atoms with E-state index in [0.717, 1.165) is 5.56 Å². The fourth-order valence-electron chi connectivity index (χ4n) is 1.55. The molecule has 6 heteroatoms. The van der Waals surface area contributed by atoms with Gasteiger partial charge in [0.1, 0.15) is 0 Å². The number of benzene rings is 1. The first kappa shape index (κ1) is 15.7. The minimum Gasteiger partial charge on any atom is -0.494 e. The van der Waals surface area contributed by atoms with Gasteiger partial charge in [-0.3, -0.25) is 0 Å². The summed E-state index contributed by atoms with van der Waals surface area (Å²) in [5.41, 5.74) is 0.800. The predicted octanol–water partition coefficient (Wildman–Crippen LogP) is 2.01. The van der Waals surface area contributed by atoms with Gasteiger partial charge in [-0.15, -0.1) is 0 Å². The lowest BCUT2D eigenvalue weighted by Crippen LogP contribution is -2.38. The van der Waals surface area contributed by atoms with Gasteiger partial charge >= 0.3 is 0 Å². The summed E-state index contributed by atoms with van der Waals surface area (Å²) in [6.07, 6.45) is 0. The molecule has 0 radical (unpaired) electrons. The molecule has 0 aliphatic heterocycles. The minimum absolute atomic E-state index is 0.0945. The molecule has 1 aromatic carbocycles. The van der Waals surface area contributed by atoms with Crippen molar-refractivity contribution in [2.75, 3.05) is 27.4 Å². The first-order valence-electron chi connectivity index (χ1n) is 5.95. The molecule has 4 nitrogen and oxygen atoms in total. The maximum atomic E-state index is 13.6. The lowest BCUT2D eigenvalue weighted by atomic mass is 10.1. The largest absolute Gasteiger partial charge is 0.494 e. The summed E-state index contributed by atoms with van der Waals surface area (Å²) < 4.78 is 23.4. The molecule has 0 saturated heterocycles. The van der Waals surface area contributed by atoms with E-state index < -0.39 is 0 Å². The molecule has 0 spiro atoms. The van der Waals surface area contributed by atoms with Crippen LogP contribution in [0.5, 0.6) is 5.75 Å². The van der Waals surface area contributed by atoms with Crippen molar-refractivity contribution in [2.45, 2.75) is 13.0 Å². The van der Waals surface area contributed by atoms with Crippen LogP contribution in [-0.2, 0) is 4.74 Å². The Morgan fingerprint density at radius 3 is 2.74 bits per heavy atom. The Balaban J connectivity index is 2.55. The van der Waals surface area contributed by atoms with Gasteiger partial charge in [0.05, 0.1) is 19.8 Å². The van der Waals surface area contributed by atoms with E-state index in [1.165, 1.54) is 13.2 Å². The highest BCUT2D eigenvalue weighted by Gasteiger charge is 2.10. The molecule has 0 bridgehead atoms. The molecule has 1 aromatic rings. The first-order valence-corrected chi connectivity index (χ1v) is 6.36. The number of nitrogens with one attached hydrogen (secondary N) is 2. The Kier molecular flexibility index (Phi) is 6.52. The van der Waals surface area contributed by atoms with Crippen molar-refractivity contribution in [1.82, 2.24) is 10.6 Å². The number of halogens is 1. The van der Waals surface area contributed by atoms with Gasteiger partial charge in [-0.1, -0.05) is 6.07 Å². The standard InChI is InChI=1S/C13H19FN2O2S/c1-9(16-13(19)15-6-7-17-2)10-4-5-12(18-3)11(14)8-10/h4-5,8-9H,6-7H2,1-3H3,(H2,15,16,19)/t9-/m1/s1. The summed E-state index contributed by atoms with van der Waals surface area (Å²) in [7, 11) is 3.07. The van der Waals surface area contributed by atoms with Crippen molar-refractivity contribution >= 4 is 17.3 Å². The number of hydrogen-bond acceptors (Lipinski definition) is 3. The van der Waals surface area contributed by atoms with Crippen molar-refractivity contribution in [1.29, 1.82) is 0 Å². The van der Waals surface area contributed by atoms with E-state index >= 15 is 0 Å². The second-order valence-corrected chi connectivity index (χ2v) is 4.42. The molecule has 1 rings (SSSR count). The van der Waals surface area contributed by atoms with Crippen molar-refractivity contribution in [3.8, 4) is 5.75 Å². The molecule has 0 aliphatic carbocycles. The zero-order chi connectivity index (χ0) is 14.3. The Morgan fingerprint density at radius 1 is 1.42 bits per heavy atom. The number of hydrogen-bond donors (Lipinski definition) is 2. The van der Waals surface area contributed by atoms with Crippen LogP contribution in [0.4, 0.5) is 4.39 Å². The van der Waals surface area contributed by atoms with Crippen LogP contribution in [0, 0.1) is 5.82 Å². The van der Waals surface area contributed by atoms with Crippen LogP contribution in [0.3, 0.4) is 0 Å². The summed E-state index contributed by atoms with van der Waals surface area (Å²) in [5, 5.41) is 6.59. The first-order chi connectivity index (χ1) is 9.08. The molecule has 0 heterocycles. The van der Waals surface area contributed by atoms with Crippen molar-refractivity contribution in [3.05, 3.63) is 29.6 Å². The third kappa shape index (κ3) is 5.00. The van der Waals surface area contributed by atoms with Crippen LogP contribution in [-0.4, -0.2) is 32.5 Å². The molecule has 0 saturated carbocycles. The fourth-order valence-corrected chi connectivity index (χ4v) is 1.83. The third-order valence-corrected chi connectivity index (χ3v) is 2.88. The van der Waals surface area contributed by atoms with Gasteiger partial charge in [0.2, 0.25) is 0 Å². The Labute approximate surface area is 118 Å². The second-order valence-electron chi connectivity index (χ2n) is 4.01. The SMILES string of the molecule is COCCNC(=S)N[C@H](C)c1ccc(OC)c(F)c1. The lowest BCUT2D eigenvalue weighted by molar-refractivity contribution is 0.204. The van der Waals surface area contributed by atoms with E-state index in [9.17, 15) is 4.39 Å². The normalized spacial score (nSPS) is 11.8. The Morgan fingerprint density at radius 2 is 2.16 bits per heavy atom. The van der Waals surface area contributed by atoms with Gasteiger partial charge in [-0.2, -0.15) is 0 Å². The molecule has 1 atom stereocenters. The van der Waals surface area contributed by atoms with Crippen LogP contribution in [0.25, 0.3) is 0 Å². The summed E-state index contributed by atoms with van der Waals surface area (Å²) >= 11 is 5.13. The van der Waals surface area contributed by atoms with Crippen molar-refractivity contribution in [2.24, 2.45) is 0 Å². The number of rotatable bonds is 6. The van der Waals surface area contributed by atoms with Gasteiger partial charge < -0.3 is 20.1 Å². The van der Waals surface area contributed by atoms with Gasteiger partial charge in [-0.25, -0.2) is 4.39 Å².